The van der Waals surface area contributed by atoms with Gasteiger partial charge in [0.1, 0.15) is 5.01 Å². The molecule has 1 aliphatic rings. The van der Waals surface area contributed by atoms with Crippen LogP contribution in [0.5, 0.6) is 0 Å². The lowest BCUT2D eigenvalue weighted by molar-refractivity contribution is 0.228. The van der Waals surface area contributed by atoms with Crippen LogP contribution in [0.3, 0.4) is 0 Å². The molecule has 0 amide bonds. The lowest BCUT2D eigenvalue weighted by Gasteiger charge is -2.25. The number of rotatable bonds is 2. The summed E-state index contributed by atoms with van der Waals surface area (Å²) in [5.41, 5.74) is 6.89. The standard InChI is InChI=1S/C12H22N4S/c1-9(13)10-8-17-12(14-10)11-7-15(2)5-4-6-16(11)3/h8-9,11H,4-7,13H2,1-3H3. The summed E-state index contributed by atoms with van der Waals surface area (Å²) >= 11 is 1.74. The van der Waals surface area contributed by atoms with Gasteiger partial charge in [-0.15, -0.1) is 11.3 Å². The second-order valence-corrected chi connectivity index (χ2v) is 5.90. The van der Waals surface area contributed by atoms with Crippen molar-refractivity contribution in [3.05, 3.63) is 16.1 Å². The summed E-state index contributed by atoms with van der Waals surface area (Å²) < 4.78 is 0. The maximum Gasteiger partial charge on any atom is 0.111 e. The smallest absolute Gasteiger partial charge is 0.111 e. The predicted molar refractivity (Wildman–Crippen MR) is 72.2 cm³/mol. The fraction of sp³-hybridized carbons (Fsp3) is 0.750. The molecule has 5 heteroatoms. The van der Waals surface area contributed by atoms with Crippen molar-refractivity contribution >= 4 is 11.3 Å². The van der Waals surface area contributed by atoms with Gasteiger partial charge in [0.2, 0.25) is 0 Å². The lowest BCUT2D eigenvalue weighted by atomic mass is 10.2. The third-order valence-electron chi connectivity index (χ3n) is 3.36. The zero-order chi connectivity index (χ0) is 12.4. The number of nitrogens with two attached hydrogens (primary N) is 1. The van der Waals surface area contributed by atoms with Crippen molar-refractivity contribution in [1.82, 2.24) is 14.8 Å². The number of aromatic nitrogens is 1. The molecule has 0 spiro atoms. The van der Waals surface area contributed by atoms with E-state index in [-0.39, 0.29) is 6.04 Å². The molecule has 0 aromatic carbocycles. The Bertz CT molecular complexity index is 363. The largest absolute Gasteiger partial charge is 0.323 e. The van der Waals surface area contributed by atoms with Gasteiger partial charge in [-0.05, 0) is 40.5 Å². The van der Waals surface area contributed by atoms with E-state index in [1.165, 1.54) is 18.0 Å². The van der Waals surface area contributed by atoms with Gasteiger partial charge in [0.15, 0.2) is 0 Å². The maximum absolute atomic E-state index is 5.87. The predicted octanol–water partition coefficient (Wildman–Crippen LogP) is 1.47. The zero-order valence-corrected chi connectivity index (χ0v) is 11.7. The Balaban J connectivity index is 2.17. The number of likely N-dealkylation sites (N-methyl/N-ethyl adjacent to an activating group) is 2. The highest BCUT2D eigenvalue weighted by atomic mass is 32.1. The average molecular weight is 254 g/mol. The van der Waals surface area contributed by atoms with Crippen LogP contribution in [0.1, 0.15) is 36.1 Å². The van der Waals surface area contributed by atoms with Gasteiger partial charge in [-0.3, -0.25) is 4.90 Å². The summed E-state index contributed by atoms with van der Waals surface area (Å²) in [6.45, 7) is 5.36. The van der Waals surface area contributed by atoms with Crippen molar-refractivity contribution < 1.29 is 0 Å². The van der Waals surface area contributed by atoms with Crippen molar-refractivity contribution in [1.29, 1.82) is 0 Å². The number of thiazole rings is 1. The normalized spacial score (nSPS) is 25.8. The Morgan fingerprint density at radius 1 is 1.47 bits per heavy atom. The van der Waals surface area contributed by atoms with Crippen LogP contribution >= 0.6 is 11.3 Å². The number of hydrogen-bond donors (Lipinski definition) is 1. The van der Waals surface area contributed by atoms with E-state index in [9.17, 15) is 0 Å². The van der Waals surface area contributed by atoms with Crippen LogP contribution in [0.4, 0.5) is 0 Å². The maximum atomic E-state index is 5.87. The fourth-order valence-electron chi connectivity index (χ4n) is 2.20. The van der Waals surface area contributed by atoms with Crippen LogP contribution in [0.25, 0.3) is 0 Å². The molecule has 1 aliphatic heterocycles. The Morgan fingerprint density at radius 2 is 2.24 bits per heavy atom. The van der Waals surface area contributed by atoms with Gasteiger partial charge in [-0.1, -0.05) is 0 Å². The van der Waals surface area contributed by atoms with Crippen LogP contribution < -0.4 is 5.73 Å². The molecule has 4 nitrogen and oxygen atoms in total. The summed E-state index contributed by atoms with van der Waals surface area (Å²) in [5.74, 6) is 0. The highest BCUT2D eigenvalue weighted by Gasteiger charge is 2.24. The first-order valence-corrected chi connectivity index (χ1v) is 7.05. The van der Waals surface area contributed by atoms with Crippen molar-refractivity contribution in [2.45, 2.75) is 25.4 Å². The Labute approximate surface area is 107 Å². The molecule has 0 saturated carbocycles. The van der Waals surface area contributed by atoms with E-state index in [2.05, 4.69) is 34.3 Å². The van der Waals surface area contributed by atoms with E-state index in [1.807, 2.05) is 6.92 Å². The van der Waals surface area contributed by atoms with Crippen molar-refractivity contribution in [3.8, 4) is 0 Å². The monoisotopic (exact) mass is 254 g/mol. The minimum atomic E-state index is 0.0359. The molecule has 0 radical (unpaired) electrons. The Hall–Kier alpha value is -0.490. The Morgan fingerprint density at radius 3 is 2.88 bits per heavy atom. The van der Waals surface area contributed by atoms with E-state index >= 15 is 0 Å². The molecule has 1 aromatic rings. The molecule has 0 bridgehead atoms. The second kappa shape index (κ2) is 5.44. The average Bonchev–Trinajstić information content (AvgIpc) is 2.68. The molecule has 2 N–H and O–H groups in total. The molecule has 2 unspecified atom stereocenters. The van der Waals surface area contributed by atoms with Gasteiger partial charge in [0.05, 0.1) is 11.7 Å². The molecule has 17 heavy (non-hydrogen) atoms. The van der Waals surface area contributed by atoms with Crippen molar-refractivity contribution in [3.63, 3.8) is 0 Å². The molecule has 2 atom stereocenters. The third kappa shape index (κ3) is 3.04. The van der Waals surface area contributed by atoms with Crippen LogP contribution in [0.15, 0.2) is 5.38 Å². The third-order valence-corrected chi connectivity index (χ3v) is 4.32. The minimum absolute atomic E-state index is 0.0359. The van der Waals surface area contributed by atoms with Gasteiger partial charge in [0.25, 0.3) is 0 Å². The molecular weight excluding hydrogens is 232 g/mol. The van der Waals surface area contributed by atoms with Gasteiger partial charge >= 0.3 is 0 Å². The first-order chi connectivity index (χ1) is 8.08. The summed E-state index contributed by atoms with van der Waals surface area (Å²) in [6, 6.07) is 0.453. The van der Waals surface area contributed by atoms with Gasteiger partial charge in [-0.2, -0.15) is 0 Å². The van der Waals surface area contributed by atoms with Crippen LogP contribution in [-0.4, -0.2) is 48.5 Å². The van der Waals surface area contributed by atoms with E-state index < -0.39 is 0 Å². The van der Waals surface area contributed by atoms with Crippen LogP contribution in [-0.2, 0) is 0 Å². The van der Waals surface area contributed by atoms with Gasteiger partial charge in [-0.25, -0.2) is 4.98 Å². The van der Waals surface area contributed by atoms with E-state index in [4.69, 9.17) is 5.73 Å². The number of hydrogen-bond acceptors (Lipinski definition) is 5. The topological polar surface area (TPSA) is 45.4 Å². The second-order valence-electron chi connectivity index (χ2n) is 5.01. The van der Waals surface area contributed by atoms with Crippen LogP contribution in [0, 0.1) is 0 Å². The van der Waals surface area contributed by atoms with Crippen molar-refractivity contribution in [2.75, 3.05) is 33.7 Å². The zero-order valence-electron chi connectivity index (χ0n) is 10.9. The molecule has 2 heterocycles. The number of nitrogens with zero attached hydrogens (tertiary/aromatic N) is 3. The first kappa shape index (κ1) is 13.0. The SMILES string of the molecule is CC(N)c1csc(C2CN(C)CCCN2C)n1. The molecule has 1 fully saturated rings. The first-order valence-electron chi connectivity index (χ1n) is 6.17. The molecule has 96 valence electrons. The van der Waals surface area contributed by atoms with E-state index in [0.29, 0.717) is 6.04 Å². The quantitative estimate of drug-likeness (QED) is 0.868. The van der Waals surface area contributed by atoms with Crippen LogP contribution in [0.2, 0.25) is 0 Å². The highest BCUT2D eigenvalue weighted by Crippen LogP contribution is 2.27. The summed E-state index contributed by atoms with van der Waals surface area (Å²) in [6.07, 6.45) is 1.23. The minimum Gasteiger partial charge on any atom is -0.323 e. The van der Waals surface area contributed by atoms with Gasteiger partial charge < -0.3 is 10.6 Å². The lowest BCUT2D eigenvalue weighted by Crippen LogP contribution is -2.30. The summed E-state index contributed by atoms with van der Waals surface area (Å²) in [5, 5.41) is 3.30. The Kier molecular flexibility index (Phi) is 4.14. The van der Waals surface area contributed by atoms with E-state index in [1.54, 1.807) is 11.3 Å². The van der Waals surface area contributed by atoms with Gasteiger partial charge in [0, 0.05) is 18.0 Å². The molecule has 1 saturated heterocycles. The molecule has 1 aromatic heterocycles. The fourth-order valence-corrected chi connectivity index (χ4v) is 3.28. The molecular formula is C12H22N4S. The van der Waals surface area contributed by atoms with Crippen molar-refractivity contribution in [2.24, 2.45) is 5.73 Å². The summed E-state index contributed by atoms with van der Waals surface area (Å²) in [4.78, 5) is 9.49. The molecule has 2 rings (SSSR count). The molecule has 0 aliphatic carbocycles. The summed E-state index contributed by atoms with van der Waals surface area (Å²) in [7, 11) is 4.38. The van der Waals surface area contributed by atoms with E-state index in [0.717, 1.165) is 18.8 Å². The highest BCUT2D eigenvalue weighted by molar-refractivity contribution is 7.09.